The molecule has 1 N–H and O–H groups in total. The Hall–Kier alpha value is -2.12. The summed E-state index contributed by atoms with van der Waals surface area (Å²) in [5.41, 5.74) is 5.06. The number of benzene rings is 1. The van der Waals surface area contributed by atoms with Crippen LogP contribution in [0.5, 0.6) is 0 Å². The summed E-state index contributed by atoms with van der Waals surface area (Å²) in [4.78, 5) is 4.69. The third kappa shape index (κ3) is 3.20. The molecule has 3 rings (SSSR count). The van der Waals surface area contributed by atoms with E-state index in [4.69, 9.17) is 0 Å². The van der Waals surface area contributed by atoms with E-state index in [1.54, 1.807) is 11.3 Å². The van der Waals surface area contributed by atoms with E-state index in [2.05, 4.69) is 47.6 Å². The van der Waals surface area contributed by atoms with Crippen molar-refractivity contribution < 1.29 is 0 Å². The molecular formula is C18H19N3S. The molecule has 1 saturated heterocycles. The molecule has 3 nitrogen and oxygen atoms in total. The lowest BCUT2D eigenvalue weighted by Crippen LogP contribution is -2.13. The van der Waals surface area contributed by atoms with E-state index in [0.29, 0.717) is 5.57 Å². The molecule has 0 unspecified atom stereocenters. The van der Waals surface area contributed by atoms with Crippen LogP contribution in [-0.2, 0) is 0 Å². The summed E-state index contributed by atoms with van der Waals surface area (Å²) in [7, 11) is 0. The first-order valence-corrected chi connectivity index (χ1v) is 8.56. The average Bonchev–Trinajstić information content (AvgIpc) is 2.85. The van der Waals surface area contributed by atoms with Gasteiger partial charge in [-0.15, -0.1) is 11.3 Å². The van der Waals surface area contributed by atoms with Crippen LogP contribution in [0.1, 0.15) is 36.3 Å². The van der Waals surface area contributed by atoms with Crippen LogP contribution in [-0.4, -0.2) is 11.5 Å². The van der Waals surface area contributed by atoms with Crippen LogP contribution < -0.4 is 5.32 Å². The minimum atomic E-state index is 0.713. The number of hydrogen-bond acceptors (Lipinski definition) is 4. The zero-order valence-electron chi connectivity index (χ0n) is 12.7. The van der Waals surface area contributed by atoms with Crippen molar-refractivity contribution in [3.63, 3.8) is 0 Å². The van der Waals surface area contributed by atoms with Crippen LogP contribution in [0, 0.1) is 18.3 Å². The molecule has 0 amide bonds. The van der Waals surface area contributed by atoms with E-state index >= 15 is 0 Å². The fourth-order valence-corrected chi connectivity index (χ4v) is 3.48. The Balaban J connectivity index is 1.93. The summed E-state index contributed by atoms with van der Waals surface area (Å²) in [6.07, 6.45) is 4.49. The Labute approximate surface area is 135 Å². The number of nitrogens with zero attached hydrogens (tertiary/aromatic N) is 2. The van der Waals surface area contributed by atoms with Crippen molar-refractivity contribution in [1.82, 2.24) is 10.3 Å². The lowest BCUT2D eigenvalue weighted by molar-refractivity contribution is 0.721. The topological polar surface area (TPSA) is 48.7 Å². The molecule has 0 saturated carbocycles. The predicted octanol–water partition coefficient (Wildman–Crippen LogP) is 4.52. The van der Waals surface area contributed by atoms with Gasteiger partial charge in [0, 0.05) is 23.2 Å². The first kappa shape index (κ1) is 14.8. The maximum atomic E-state index is 9.56. The number of nitriles is 1. The molecule has 4 heteroatoms. The van der Waals surface area contributed by atoms with Gasteiger partial charge in [-0.05, 0) is 26.2 Å². The molecule has 112 valence electrons. The second-order valence-corrected chi connectivity index (χ2v) is 6.46. The van der Waals surface area contributed by atoms with Crippen LogP contribution in [0.4, 0.5) is 0 Å². The Kier molecular flexibility index (Phi) is 4.55. The zero-order chi connectivity index (χ0) is 15.4. The highest BCUT2D eigenvalue weighted by Gasteiger charge is 2.15. The van der Waals surface area contributed by atoms with E-state index < -0.39 is 0 Å². The van der Waals surface area contributed by atoms with Gasteiger partial charge in [0.2, 0.25) is 0 Å². The van der Waals surface area contributed by atoms with E-state index in [1.807, 2.05) is 5.38 Å². The van der Waals surface area contributed by atoms with E-state index in [-0.39, 0.29) is 0 Å². The maximum absolute atomic E-state index is 9.56. The number of nitrogens with one attached hydrogen (secondary N) is 1. The number of aromatic nitrogens is 1. The fraction of sp³-hybridized carbons (Fsp3) is 0.333. The molecule has 0 radical (unpaired) electrons. The summed E-state index contributed by atoms with van der Waals surface area (Å²) in [5, 5.41) is 15.8. The number of aryl methyl sites for hydroxylation is 1. The highest BCUT2D eigenvalue weighted by Crippen LogP contribution is 2.29. The molecule has 1 aliphatic heterocycles. The van der Waals surface area contributed by atoms with Crippen molar-refractivity contribution in [2.45, 2.75) is 32.6 Å². The molecule has 1 fully saturated rings. The van der Waals surface area contributed by atoms with E-state index in [1.165, 1.54) is 18.4 Å². The van der Waals surface area contributed by atoms with Crippen molar-refractivity contribution in [1.29, 1.82) is 5.26 Å². The van der Waals surface area contributed by atoms with Gasteiger partial charge in [-0.1, -0.05) is 36.2 Å². The van der Waals surface area contributed by atoms with Crippen molar-refractivity contribution in [2.75, 3.05) is 6.54 Å². The smallest absolute Gasteiger partial charge is 0.136 e. The third-order valence-electron chi connectivity index (χ3n) is 3.92. The van der Waals surface area contributed by atoms with Crippen LogP contribution in [0.15, 0.2) is 35.3 Å². The molecule has 1 aromatic heterocycles. The molecule has 2 aromatic rings. The molecule has 0 aliphatic carbocycles. The average molecular weight is 309 g/mol. The molecular weight excluding hydrogens is 290 g/mol. The van der Waals surface area contributed by atoms with Gasteiger partial charge in [-0.2, -0.15) is 5.26 Å². The summed E-state index contributed by atoms with van der Waals surface area (Å²) in [6.45, 7) is 3.03. The quantitative estimate of drug-likeness (QED) is 0.830. The second kappa shape index (κ2) is 6.76. The molecule has 0 bridgehead atoms. The molecule has 2 heterocycles. The number of hydrogen-bond donors (Lipinski definition) is 1. The van der Waals surface area contributed by atoms with E-state index in [9.17, 15) is 5.26 Å². The van der Waals surface area contributed by atoms with E-state index in [0.717, 1.165) is 41.3 Å². The lowest BCUT2D eigenvalue weighted by Gasteiger charge is -2.07. The van der Waals surface area contributed by atoms with Gasteiger partial charge in [0.15, 0.2) is 0 Å². The van der Waals surface area contributed by atoms with Crippen LogP contribution in [0.2, 0.25) is 0 Å². The largest absolute Gasteiger partial charge is 0.387 e. The first-order valence-electron chi connectivity index (χ1n) is 7.68. The zero-order valence-corrected chi connectivity index (χ0v) is 13.5. The number of rotatable bonds is 2. The van der Waals surface area contributed by atoms with Gasteiger partial charge < -0.3 is 5.32 Å². The fourth-order valence-electron chi connectivity index (χ4n) is 2.63. The highest BCUT2D eigenvalue weighted by molar-refractivity contribution is 7.11. The molecule has 22 heavy (non-hydrogen) atoms. The third-order valence-corrected chi connectivity index (χ3v) is 4.78. The van der Waals surface area contributed by atoms with Crippen LogP contribution in [0.3, 0.4) is 0 Å². The summed E-state index contributed by atoms with van der Waals surface area (Å²) in [5.74, 6) is 0. The molecule has 0 spiro atoms. The van der Waals surface area contributed by atoms with Gasteiger partial charge in [-0.25, -0.2) is 4.98 Å². The Bertz CT molecular complexity index is 710. The number of thiazole rings is 1. The molecule has 1 aromatic carbocycles. The Morgan fingerprint density at radius 2 is 2.05 bits per heavy atom. The lowest BCUT2D eigenvalue weighted by atomic mass is 10.1. The van der Waals surface area contributed by atoms with Crippen LogP contribution in [0.25, 0.3) is 16.8 Å². The monoisotopic (exact) mass is 309 g/mol. The molecule has 0 atom stereocenters. The highest BCUT2D eigenvalue weighted by atomic mass is 32.1. The standard InChI is InChI=1S/C18H19N3S/c1-13-6-8-14(9-7-13)17-12-22-18(21-17)15(11-19)16-5-3-2-4-10-20-16/h6-9,12,20H,2-5,10H2,1H3/b16-15-. The minimum absolute atomic E-state index is 0.713. The SMILES string of the molecule is Cc1ccc(-c2csc(/C(C#N)=C3/CCCCCN3)n2)cc1. The van der Waals surface area contributed by atoms with Crippen LogP contribution >= 0.6 is 11.3 Å². The van der Waals surface area contributed by atoms with Gasteiger partial charge in [0.1, 0.15) is 16.6 Å². The number of allylic oxidation sites excluding steroid dienone is 2. The molecule has 1 aliphatic rings. The van der Waals surface area contributed by atoms with Crippen molar-refractivity contribution in [3.05, 3.63) is 45.9 Å². The summed E-state index contributed by atoms with van der Waals surface area (Å²) >= 11 is 1.55. The Morgan fingerprint density at radius 3 is 2.82 bits per heavy atom. The van der Waals surface area contributed by atoms with Gasteiger partial charge in [-0.3, -0.25) is 0 Å². The second-order valence-electron chi connectivity index (χ2n) is 5.61. The minimum Gasteiger partial charge on any atom is -0.387 e. The predicted molar refractivity (Wildman–Crippen MR) is 91.3 cm³/mol. The van der Waals surface area contributed by atoms with Gasteiger partial charge in [0.25, 0.3) is 0 Å². The first-order chi connectivity index (χ1) is 10.8. The summed E-state index contributed by atoms with van der Waals surface area (Å²) < 4.78 is 0. The van der Waals surface area contributed by atoms with Crippen molar-refractivity contribution in [2.24, 2.45) is 0 Å². The summed E-state index contributed by atoms with van der Waals surface area (Å²) in [6, 6.07) is 10.7. The Morgan fingerprint density at radius 1 is 1.23 bits per heavy atom. The van der Waals surface area contributed by atoms with Crippen molar-refractivity contribution in [3.8, 4) is 17.3 Å². The maximum Gasteiger partial charge on any atom is 0.136 e. The van der Waals surface area contributed by atoms with Gasteiger partial charge in [0.05, 0.1) is 5.69 Å². The van der Waals surface area contributed by atoms with Crippen molar-refractivity contribution >= 4 is 16.9 Å². The normalized spacial score (nSPS) is 17.3. The van der Waals surface area contributed by atoms with Gasteiger partial charge >= 0.3 is 0 Å².